The molecule has 0 aromatic rings. The molecule has 8 atom stereocenters. The number of carbonyl (C=O) groups excluding carboxylic acids is 2. The van der Waals surface area contributed by atoms with E-state index in [2.05, 4.69) is 18.0 Å². The minimum atomic E-state index is -1.20. The summed E-state index contributed by atoms with van der Waals surface area (Å²) >= 11 is 0. The molecule has 4 unspecified atom stereocenters. The number of fused-ring (bicyclic) bond motifs is 4. The van der Waals surface area contributed by atoms with Gasteiger partial charge in [-0.25, -0.2) is 0 Å². The highest BCUT2D eigenvalue weighted by molar-refractivity contribution is 6.08. The number of hydrogen-bond acceptors (Lipinski definition) is 5. The SMILES string of the molecule is C=C1C[C@]23C[C@@]1(O)CCC2C1=CCC24CC2(O)C(=O)[C@@]4(C)C1[C@@H]3C(=O)NCCCCO. The van der Waals surface area contributed by atoms with Gasteiger partial charge in [-0.05, 0) is 68.3 Å². The van der Waals surface area contributed by atoms with E-state index in [0.717, 1.165) is 12.0 Å². The lowest BCUT2D eigenvalue weighted by atomic mass is 9.46. The van der Waals surface area contributed by atoms with Crippen LogP contribution in [-0.2, 0) is 9.59 Å². The summed E-state index contributed by atoms with van der Waals surface area (Å²) in [5.41, 5.74) is -1.60. The van der Waals surface area contributed by atoms with Crippen molar-refractivity contribution in [2.24, 2.45) is 34.0 Å². The van der Waals surface area contributed by atoms with Crippen LogP contribution in [0.4, 0.5) is 0 Å². The molecule has 0 aromatic carbocycles. The summed E-state index contributed by atoms with van der Waals surface area (Å²) in [4.78, 5) is 27.1. The van der Waals surface area contributed by atoms with Crippen LogP contribution in [0.2, 0.25) is 0 Å². The van der Waals surface area contributed by atoms with E-state index in [1.807, 2.05) is 6.92 Å². The first-order chi connectivity index (χ1) is 14.6. The Bertz CT molecular complexity index is 958. The first-order valence-electron chi connectivity index (χ1n) is 11.9. The number of unbranched alkanes of at least 4 members (excludes halogenated alkanes) is 1. The summed E-state index contributed by atoms with van der Waals surface area (Å²) in [5, 5.41) is 34.3. The molecule has 2 spiro atoms. The number of hydrogen-bond donors (Lipinski definition) is 4. The van der Waals surface area contributed by atoms with Crippen LogP contribution in [0, 0.1) is 34.0 Å². The number of amides is 1. The highest BCUT2D eigenvalue weighted by Gasteiger charge is 2.93. The molecule has 4 N–H and O–H groups in total. The first kappa shape index (κ1) is 20.1. The molecule has 5 fully saturated rings. The van der Waals surface area contributed by atoms with Crippen molar-refractivity contribution in [2.75, 3.05) is 13.2 Å². The van der Waals surface area contributed by atoms with Crippen molar-refractivity contribution in [3.8, 4) is 0 Å². The number of rotatable bonds is 5. The van der Waals surface area contributed by atoms with Gasteiger partial charge in [0.1, 0.15) is 5.60 Å². The van der Waals surface area contributed by atoms with Crippen LogP contribution in [-0.4, -0.2) is 51.4 Å². The first-order valence-corrected chi connectivity index (χ1v) is 11.9. The van der Waals surface area contributed by atoms with Gasteiger partial charge in [0.15, 0.2) is 5.78 Å². The molecule has 6 aliphatic carbocycles. The summed E-state index contributed by atoms with van der Waals surface area (Å²) in [6.45, 7) is 6.78. The van der Waals surface area contributed by atoms with Gasteiger partial charge in [0, 0.05) is 29.9 Å². The standard InChI is InChI=1S/C25H33NO5/c1-14-11-22-12-23(14,30)7-6-16(22)15-5-8-24-13-25(24,31)20(29)21(24,2)17(15)18(22)19(28)26-9-3-4-10-27/h5,16-18,27,30-31H,1,3-4,6-13H2,2H3,(H,26,28)/t16?,17?,18-,21-,22+,23+,24?,25?/m1/s1. The molecule has 0 radical (unpaired) electrons. The summed E-state index contributed by atoms with van der Waals surface area (Å²) in [7, 11) is 0. The molecule has 0 aromatic heterocycles. The van der Waals surface area contributed by atoms with Crippen LogP contribution in [0.3, 0.4) is 0 Å². The van der Waals surface area contributed by atoms with Gasteiger partial charge in [-0.3, -0.25) is 9.59 Å². The lowest BCUT2D eigenvalue weighted by Crippen LogP contribution is -2.66. The molecule has 31 heavy (non-hydrogen) atoms. The normalized spacial score (nSPS) is 53.0. The average Bonchev–Trinajstić information content (AvgIpc) is 3.08. The van der Waals surface area contributed by atoms with Crippen molar-refractivity contribution in [3.63, 3.8) is 0 Å². The number of aliphatic hydroxyl groups is 3. The van der Waals surface area contributed by atoms with Gasteiger partial charge in [0.05, 0.1) is 11.5 Å². The van der Waals surface area contributed by atoms with Crippen LogP contribution in [0.5, 0.6) is 0 Å². The summed E-state index contributed by atoms with van der Waals surface area (Å²) in [6, 6.07) is 0. The smallest absolute Gasteiger partial charge is 0.224 e. The van der Waals surface area contributed by atoms with E-state index in [-0.39, 0.29) is 30.1 Å². The molecule has 2 bridgehead atoms. The zero-order valence-electron chi connectivity index (χ0n) is 18.2. The molecule has 0 heterocycles. The van der Waals surface area contributed by atoms with Gasteiger partial charge in [0.25, 0.3) is 0 Å². The van der Waals surface area contributed by atoms with E-state index >= 15 is 0 Å². The Morgan fingerprint density at radius 1 is 1.29 bits per heavy atom. The maximum atomic E-state index is 13.7. The van der Waals surface area contributed by atoms with Gasteiger partial charge in [0.2, 0.25) is 5.91 Å². The van der Waals surface area contributed by atoms with Crippen LogP contribution < -0.4 is 5.32 Å². The maximum Gasteiger partial charge on any atom is 0.224 e. The second-order valence-corrected chi connectivity index (χ2v) is 11.5. The Hall–Kier alpha value is -1.50. The molecule has 1 amide bonds. The zero-order chi connectivity index (χ0) is 22.0. The lowest BCUT2D eigenvalue weighted by Gasteiger charge is -2.56. The van der Waals surface area contributed by atoms with Gasteiger partial charge in [-0.15, -0.1) is 0 Å². The maximum absolute atomic E-state index is 13.7. The van der Waals surface area contributed by atoms with Crippen molar-refractivity contribution in [1.82, 2.24) is 5.32 Å². The van der Waals surface area contributed by atoms with Gasteiger partial charge in [-0.2, -0.15) is 0 Å². The second kappa shape index (κ2) is 5.70. The van der Waals surface area contributed by atoms with E-state index in [1.54, 1.807) is 0 Å². The minimum Gasteiger partial charge on any atom is -0.396 e. The quantitative estimate of drug-likeness (QED) is 0.394. The fraction of sp³-hybridized carbons (Fsp3) is 0.760. The third-order valence-electron chi connectivity index (χ3n) is 10.6. The number of allylic oxidation sites excluding steroid dienone is 2. The monoisotopic (exact) mass is 427 g/mol. The molecule has 6 aliphatic rings. The summed E-state index contributed by atoms with van der Waals surface area (Å²) < 4.78 is 0. The van der Waals surface area contributed by atoms with Crippen molar-refractivity contribution < 1.29 is 24.9 Å². The Kier molecular flexibility index (Phi) is 3.70. The van der Waals surface area contributed by atoms with Gasteiger partial charge >= 0.3 is 0 Å². The third kappa shape index (κ3) is 1.94. The lowest BCUT2D eigenvalue weighted by molar-refractivity contribution is -0.178. The topological polar surface area (TPSA) is 107 Å². The van der Waals surface area contributed by atoms with Gasteiger partial charge in [-0.1, -0.05) is 25.2 Å². The number of aliphatic hydroxyl groups excluding tert-OH is 1. The Labute approximate surface area is 182 Å². The van der Waals surface area contributed by atoms with Crippen molar-refractivity contribution >= 4 is 11.7 Å². The van der Waals surface area contributed by atoms with Crippen LogP contribution in [0.15, 0.2) is 23.8 Å². The van der Waals surface area contributed by atoms with Crippen molar-refractivity contribution in [2.45, 2.75) is 69.5 Å². The molecule has 5 saturated carbocycles. The van der Waals surface area contributed by atoms with Crippen molar-refractivity contribution in [1.29, 1.82) is 0 Å². The van der Waals surface area contributed by atoms with Crippen LogP contribution in [0.1, 0.15) is 58.3 Å². The highest BCUT2D eigenvalue weighted by Crippen LogP contribution is 2.87. The van der Waals surface area contributed by atoms with Crippen LogP contribution in [0.25, 0.3) is 0 Å². The average molecular weight is 428 g/mol. The van der Waals surface area contributed by atoms with Crippen molar-refractivity contribution in [3.05, 3.63) is 23.8 Å². The van der Waals surface area contributed by atoms with Crippen LogP contribution >= 0.6 is 0 Å². The Balaban J connectivity index is 1.44. The predicted octanol–water partition coefficient (Wildman–Crippen LogP) is 1.64. The van der Waals surface area contributed by atoms with E-state index < -0.39 is 33.4 Å². The summed E-state index contributed by atoms with van der Waals surface area (Å²) in [5.74, 6) is -0.569. The molecule has 6 rings (SSSR count). The second-order valence-electron chi connectivity index (χ2n) is 11.5. The largest absolute Gasteiger partial charge is 0.396 e. The minimum absolute atomic E-state index is 0.0440. The summed E-state index contributed by atoms with van der Waals surface area (Å²) in [6.07, 6.45) is 7.43. The fourth-order valence-electron chi connectivity index (χ4n) is 9.13. The Morgan fingerprint density at radius 3 is 2.77 bits per heavy atom. The highest BCUT2D eigenvalue weighted by atomic mass is 16.3. The molecular weight excluding hydrogens is 394 g/mol. The van der Waals surface area contributed by atoms with E-state index in [0.29, 0.717) is 51.5 Å². The molecule has 0 aliphatic heterocycles. The van der Waals surface area contributed by atoms with E-state index in [4.69, 9.17) is 5.11 Å². The number of Topliss-reactive ketones (excluding diaryl/α,β-unsaturated/α-hetero) is 1. The molecular formula is C25H33NO5. The van der Waals surface area contributed by atoms with E-state index in [9.17, 15) is 19.8 Å². The molecule has 168 valence electrons. The third-order valence-corrected chi connectivity index (χ3v) is 10.6. The molecule has 6 nitrogen and oxygen atoms in total. The number of ketones is 1. The number of carbonyl (C=O) groups is 2. The molecule has 6 heteroatoms. The zero-order valence-corrected chi connectivity index (χ0v) is 18.2. The number of nitrogens with one attached hydrogen (secondary N) is 1. The predicted molar refractivity (Wildman–Crippen MR) is 113 cm³/mol. The van der Waals surface area contributed by atoms with E-state index in [1.165, 1.54) is 5.57 Å². The molecule has 0 saturated heterocycles. The Morgan fingerprint density at radius 2 is 2.06 bits per heavy atom. The van der Waals surface area contributed by atoms with Gasteiger partial charge < -0.3 is 20.6 Å². The fourth-order valence-corrected chi connectivity index (χ4v) is 9.13.